The van der Waals surface area contributed by atoms with Crippen molar-refractivity contribution in [3.63, 3.8) is 0 Å². The minimum atomic E-state index is -0.412. The normalized spacial score (nSPS) is 13.2. The number of benzene rings is 4. The number of nitrogens with zero attached hydrogens (tertiary/aromatic N) is 6. The maximum atomic E-state index is 13.4. The van der Waals surface area contributed by atoms with Crippen LogP contribution in [0.25, 0.3) is 26.7 Å². The van der Waals surface area contributed by atoms with Gasteiger partial charge in [0.15, 0.2) is 0 Å². The topological polar surface area (TPSA) is 141 Å². The lowest BCUT2D eigenvalue weighted by atomic mass is 10.1. The van der Waals surface area contributed by atoms with Gasteiger partial charge in [0, 0.05) is 54.4 Å². The number of rotatable bonds is 11. The van der Waals surface area contributed by atoms with Crippen LogP contribution in [-0.4, -0.2) is 75.1 Å². The maximum Gasteiger partial charge on any atom is 0.324 e. The van der Waals surface area contributed by atoms with Crippen LogP contribution in [0.3, 0.4) is 0 Å². The second kappa shape index (κ2) is 15.0. The minimum Gasteiger partial charge on any atom is -0.492 e. The third-order valence-corrected chi connectivity index (χ3v) is 9.31. The number of hydrogen-bond acceptors (Lipinski definition) is 11. The third-order valence-electron chi connectivity index (χ3n) is 8.50. The minimum absolute atomic E-state index is 0.368. The van der Waals surface area contributed by atoms with Gasteiger partial charge in [-0.25, -0.2) is 19.4 Å². The van der Waals surface area contributed by atoms with Crippen LogP contribution in [0.2, 0.25) is 0 Å². The molecule has 4 aromatic carbocycles. The summed E-state index contributed by atoms with van der Waals surface area (Å²) in [5.41, 5.74) is 5.72. The van der Waals surface area contributed by atoms with Crippen molar-refractivity contribution in [2.75, 3.05) is 55.4 Å². The molecule has 0 atom stereocenters. The molecule has 7 aromatic rings. The van der Waals surface area contributed by atoms with Crippen LogP contribution in [0, 0.1) is 6.92 Å². The summed E-state index contributed by atoms with van der Waals surface area (Å²) in [4.78, 5) is 29.0. The number of nitrogens with one attached hydrogen (secondary N) is 3. The largest absolute Gasteiger partial charge is 0.492 e. The Morgan fingerprint density at radius 2 is 1.77 bits per heavy atom. The number of fused-ring (bicyclic) bond motifs is 2. The van der Waals surface area contributed by atoms with E-state index in [1.807, 2.05) is 91.3 Å². The maximum absolute atomic E-state index is 13.4. The number of aromatic nitrogens is 5. The van der Waals surface area contributed by atoms with Crippen molar-refractivity contribution >= 4 is 61.5 Å². The van der Waals surface area contributed by atoms with Gasteiger partial charge < -0.3 is 24.8 Å². The van der Waals surface area contributed by atoms with Crippen LogP contribution in [0.1, 0.15) is 5.69 Å². The molecule has 8 rings (SSSR count). The molecule has 0 spiro atoms. The van der Waals surface area contributed by atoms with Gasteiger partial charge >= 0.3 is 6.03 Å². The summed E-state index contributed by atoms with van der Waals surface area (Å²) in [6.45, 7) is 6.72. The lowest BCUT2D eigenvalue weighted by Gasteiger charge is -2.26. The zero-order valence-electron chi connectivity index (χ0n) is 28.3. The molecule has 4 heterocycles. The van der Waals surface area contributed by atoms with Gasteiger partial charge in [0.25, 0.3) is 0 Å². The number of morpholine rings is 1. The Morgan fingerprint density at radius 3 is 2.63 bits per heavy atom. The second-order valence-corrected chi connectivity index (χ2v) is 13.0. The Morgan fingerprint density at radius 1 is 0.923 bits per heavy atom. The highest BCUT2D eigenvalue weighted by Crippen LogP contribution is 2.34. The predicted molar refractivity (Wildman–Crippen MR) is 203 cm³/mol. The molecular formula is C38H35N9O4S. The molecule has 1 aliphatic heterocycles. The first-order chi connectivity index (χ1) is 25.5. The van der Waals surface area contributed by atoms with Crippen LogP contribution in [0.5, 0.6) is 17.4 Å². The summed E-state index contributed by atoms with van der Waals surface area (Å²) < 4.78 is 20.4. The molecule has 0 saturated carbocycles. The summed E-state index contributed by atoms with van der Waals surface area (Å²) in [5, 5.41) is 15.4. The van der Waals surface area contributed by atoms with Crippen LogP contribution in [0.15, 0.2) is 103 Å². The number of aryl methyl sites for hydroxylation is 1. The molecule has 52 heavy (non-hydrogen) atoms. The number of thiazole rings is 1. The van der Waals surface area contributed by atoms with E-state index in [1.54, 1.807) is 34.3 Å². The molecule has 3 N–H and O–H groups in total. The molecule has 3 aromatic heterocycles. The van der Waals surface area contributed by atoms with Crippen molar-refractivity contribution in [1.82, 2.24) is 29.6 Å². The van der Waals surface area contributed by atoms with Gasteiger partial charge in [-0.3, -0.25) is 10.2 Å². The zero-order valence-corrected chi connectivity index (χ0v) is 29.1. The number of urea groups is 1. The lowest BCUT2D eigenvalue weighted by molar-refractivity contribution is 0.0322. The van der Waals surface area contributed by atoms with E-state index >= 15 is 0 Å². The standard InChI is InChI=1S/C38H35N9O4S/c1-25-22-35(47(45-25)27-7-9-28(10-8-27)50-21-18-46-16-19-49-20-17-46)43-38(48)42-31-11-12-33(30-5-3-2-4-29(30)31)51-36-14-15-39-37(44-36)41-26-6-13-34-32(23-26)40-24-52-34/h2-15,22-24H,16-21H2,1H3,(H,39,41,44)(H2,42,43,48). The molecule has 0 aliphatic carbocycles. The number of hydrogen-bond donors (Lipinski definition) is 3. The van der Waals surface area contributed by atoms with Crippen molar-refractivity contribution in [2.45, 2.75) is 6.92 Å². The van der Waals surface area contributed by atoms with Gasteiger partial charge in [0.1, 0.15) is 23.9 Å². The predicted octanol–water partition coefficient (Wildman–Crippen LogP) is 7.62. The van der Waals surface area contributed by atoms with Crippen LogP contribution >= 0.6 is 11.3 Å². The first-order valence-corrected chi connectivity index (χ1v) is 17.7. The average Bonchev–Trinajstić information content (AvgIpc) is 3.79. The lowest BCUT2D eigenvalue weighted by Crippen LogP contribution is -2.38. The molecule has 14 heteroatoms. The van der Waals surface area contributed by atoms with Gasteiger partial charge in [-0.1, -0.05) is 24.3 Å². The molecule has 0 unspecified atom stereocenters. The molecule has 2 amide bonds. The fourth-order valence-electron chi connectivity index (χ4n) is 5.96. The van der Waals surface area contributed by atoms with E-state index < -0.39 is 6.03 Å². The number of ether oxygens (including phenoxy) is 3. The molecule has 1 fully saturated rings. The molecule has 1 aliphatic rings. The van der Waals surface area contributed by atoms with E-state index in [4.69, 9.17) is 14.2 Å². The quantitative estimate of drug-likeness (QED) is 0.123. The first-order valence-electron chi connectivity index (χ1n) is 16.8. The second-order valence-electron chi connectivity index (χ2n) is 12.1. The molecule has 0 radical (unpaired) electrons. The fourth-order valence-corrected chi connectivity index (χ4v) is 6.62. The Labute approximate surface area is 303 Å². The highest BCUT2D eigenvalue weighted by atomic mass is 32.1. The Bertz CT molecular complexity index is 2340. The zero-order chi connectivity index (χ0) is 35.3. The average molecular weight is 714 g/mol. The smallest absolute Gasteiger partial charge is 0.324 e. The number of anilines is 4. The van der Waals surface area contributed by atoms with Crippen LogP contribution in [-0.2, 0) is 4.74 Å². The van der Waals surface area contributed by atoms with Gasteiger partial charge in [-0.15, -0.1) is 11.3 Å². The van der Waals surface area contributed by atoms with Crippen molar-refractivity contribution < 1.29 is 19.0 Å². The fraction of sp³-hybridized carbons (Fsp3) is 0.184. The summed E-state index contributed by atoms with van der Waals surface area (Å²) in [7, 11) is 0. The van der Waals surface area contributed by atoms with Crippen LogP contribution in [0.4, 0.5) is 27.9 Å². The van der Waals surface area contributed by atoms with E-state index in [1.165, 1.54) is 0 Å². The van der Waals surface area contributed by atoms with E-state index in [0.717, 1.165) is 76.7 Å². The van der Waals surface area contributed by atoms with E-state index in [-0.39, 0.29) is 0 Å². The summed E-state index contributed by atoms with van der Waals surface area (Å²) >= 11 is 1.59. The molecule has 0 bridgehead atoms. The molecule has 13 nitrogen and oxygen atoms in total. The van der Waals surface area contributed by atoms with Crippen LogP contribution < -0.4 is 25.4 Å². The molecule has 262 valence electrons. The Hall–Kier alpha value is -6.09. The van der Waals surface area contributed by atoms with Gasteiger partial charge in [0.05, 0.1) is 46.0 Å². The summed E-state index contributed by atoms with van der Waals surface area (Å²) in [6, 6.07) is 28.0. The van der Waals surface area contributed by atoms with Gasteiger partial charge in [-0.2, -0.15) is 10.1 Å². The van der Waals surface area contributed by atoms with Gasteiger partial charge in [-0.05, 0) is 61.5 Å². The number of amides is 2. The van der Waals surface area contributed by atoms with E-state index in [9.17, 15) is 4.79 Å². The Kier molecular flexibility index (Phi) is 9.56. The molecule has 1 saturated heterocycles. The third kappa shape index (κ3) is 7.63. The monoisotopic (exact) mass is 713 g/mol. The van der Waals surface area contributed by atoms with Gasteiger partial charge in [0.2, 0.25) is 11.8 Å². The van der Waals surface area contributed by atoms with E-state index in [0.29, 0.717) is 35.7 Å². The summed E-state index contributed by atoms with van der Waals surface area (Å²) in [5.74, 6) is 2.64. The highest BCUT2D eigenvalue weighted by Gasteiger charge is 2.15. The van der Waals surface area contributed by atoms with Crippen molar-refractivity contribution in [3.05, 3.63) is 108 Å². The highest BCUT2D eigenvalue weighted by molar-refractivity contribution is 7.16. The van der Waals surface area contributed by atoms with Crippen molar-refractivity contribution in [3.8, 4) is 23.1 Å². The van der Waals surface area contributed by atoms with E-state index in [2.05, 4.69) is 40.9 Å². The number of carbonyl (C=O) groups excluding carboxylic acids is 1. The number of carbonyl (C=O) groups is 1. The van der Waals surface area contributed by atoms with Crippen molar-refractivity contribution in [2.24, 2.45) is 0 Å². The Balaban J connectivity index is 0.930. The SMILES string of the molecule is Cc1cc(NC(=O)Nc2ccc(Oc3ccnc(Nc4ccc5scnc5c4)n3)c3ccccc23)n(-c2ccc(OCCN3CCOCC3)cc2)n1. The molecular weight excluding hydrogens is 679 g/mol. The summed E-state index contributed by atoms with van der Waals surface area (Å²) in [6.07, 6.45) is 1.64. The van der Waals surface area contributed by atoms with Crippen molar-refractivity contribution in [1.29, 1.82) is 0 Å². The first kappa shape index (κ1) is 33.1.